The third-order valence-corrected chi connectivity index (χ3v) is 3.57. The molecule has 0 radical (unpaired) electrons. The average molecular weight is 257 g/mol. The van der Waals surface area contributed by atoms with Gasteiger partial charge in [-0.05, 0) is 36.3 Å². The van der Waals surface area contributed by atoms with Crippen LogP contribution in [0.2, 0.25) is 0 Å². The summed E-state index contributed by atoms with van der Waals surface area (Å²) >= 11 is 0. The Balaban J connectivity index is 1.75. The molecule has 0 saturated heterocycles. The van der Waals surface area contributed by atoms with Gasteiger partial charge < -0.3 is 10.3 Å². The molecule has 1 heterocycles. The van der Waals surface area contributed by atoms with Crippen LogP contribution in [0.25, 0.3) is 0 Å². The third kappa shape index (κ3) is 2.68. The third-order valence-electron chi connectivity index (χ3n) is 3.57. The molecule has 4 nitrogen and oxygen atoms in total. The Kier molecular flexibility index (Phi) is 3.34. The maximum absolute atomic E-state index is 6.18. The van der Waals surface area contributed by atoms with E-state index in [9.17, 15) is 0 Å². The molecule has 1 unspecified atom stereocenters. The fraction of sp³-hybridized carbons (Fsp3) is 0.467. The molecule has 1 aliphatic carbocycles. The van der Waals surface area contributed by atoms with Gasteiger partial charge in [0, 0.05) is 6.42 Å². The largest absolute Gasteiger partial charge is 0.339 e. The van der Waals surface area contributed by atoms with E-state index in [4.69, 9.17) is 10.3 Å². The molecule has 2 aromatic rings. The summed E-state index contributed by atoms with van der Waals surface area (Å²) in [5, 5.41) is 3.97. The Morgan fingerprint density at radius 2 is 2.05 bits per heavy atom. The molecule has 2 N–H and O–H groups in total. The minimum atomic E-state index is -0.303. The molecule has 4 heteroatoms. The summed E-state index contributed by atoms with van der Waals surface area (Å²) in [6.07, 6.45) is 4.43. The van der Waals surface area contributed by atoms with Crippen molar-refractivity contribution in [2.24, 2.45) is 5.73 Å². The van der Waals surface area contributed by atoms with Gasteiger partial charge in [0.05, 0.1) is 6.04 Å². The lowest BCUT2D eigenvalue weighted by atomic mass is 10.0. The SMILES string of the molecule is CCCc1nc(C(N)c2ccc(C3CC3)cc2)no1. The van der Waals surface area contributed by atoms with Crippen LogP contribution in [-0.4, -0.2) is 10.1 Å². The smallest absolute Gasteiger partial charge is 0.226 e. The van der Waals surface area contributed by atoms with E-state index in [-0.39, 0.29) is 6.04 Å². The molecule has 0 aliphatic heterocycles. The van der Waals surface area contributed by atoms with Gasteiger partial charge in [-0.2, -0.15) is 4.98 Å². The van der Waals surface area contributed by atoms with Crippen LogP contribution in [0, 0.1) is 0 Å². The summed E-state index contributed by atoms with van der Waals surface area (Å²) in [6, 6.07) is 8.19. The number of aromatic nitrogens is 2. The highest BCUT2D eigenvalue weighted by Crippen LogP contribution is 2.40. The first-order valence-corrected chi connectivity index (χ1v) is 6.96. The zero-order chi connectivity index (χ0) is 13.2. The highest BCUT2D eigenvalue weighted by Gasteiger charge is 2.23. The molecule has 1 fully saturated rings. The van der Waals surface area contributed by atoms with E-state index in [2.05, 4.69) is 41.3 Å². The Morgan fingerprint density at radius 3 is 2.68 bits per heavy atom. The van der Waals surface area contributed by atoms with Crippen molar-refractivity contribution in [1.82, 2.24) is 10.1 Å². The van der Waals surface area contributed by atoms with Crippen LogP contribution in [-0.2, 0) is 6.42 Å². The van der Waals surface area contributed by atoms with Gasteiger partial charge in [-0.1, -0.05) is 36.3 Å². The van der Waals surface area contributed by atoms with Crippen LogP contribution < -0.4 is 5.73 Å². The average Bonchev–Trinajstić information content (AvgIpc) is 3.19. The monoisotopic (exact) mass is 257 g/mol. The lowest BCUT2D eigenvalue weighted by molar-refractivity contribution is 0.370. The second-order valence-electron chi connectivity index (χ2n) is 5.21. The molecular weight excluding hydrogens is 238 g/mol. The number of aryl methyl sites for hydroxylation is 1. The van der Waals surface area contributed by atoms with E-state index in [1.807, 2.05) is 0 Å². The fourth-order valence-corrected chi connectivity index (χ4v) is 2.25. The molecule has 3 rings (SSSR count). The summed E-state index contributed by atoms with van der Waals surface area (Å²) in [7, 11) is 0. The van der Waals surface area contributed by atoms with Crippen molar-refractivity contribution < 1.29 is 4.52 Å². The van der Waals surface area contributed by atoms with E-state index < -0.39 is 0 Å². The van der Waals surface area contributed by atoms with E-state index in [0.29, 0.717) is 11.7 Å². The number of rotatable bonds is 5. The fourth-order valence-electron chi connectivity index (χ4n) is 2.25. The van der Waals surface area contributed by atoms with Crippen molar-refractivity contribution in [3.8, 4) is 0 Å². The normalized spacial score (nSPS) is 16.5. The second-order valence-corrected chi connectivity index (χ2v) is 5.21. The zero-order valence-electron chi connectivity index (χ0n) is 11.2. The van der Waals surface area contributed by atoms with Gasteiger partial charge in [-0.15, -0.1) is 0 Å². The number of hydrogen-bond donors (Lipinski definition) is 1. The van der Waals surface area contributed by atoms with Crippen molar-refractivity contribution in [2.75, 3.05) is 0 Å². The Morgan fingerprint density at radius 1 is 1.32 bits per heavy atom. The number of benzene rings is 1. The van der Waals surface area contributed by atoms with Crippen molar-refractivity contribution in [2.45, 2.75) is 44.6 Å². The van der Waals surface area contributed by atoms with Crippen LogP contribution in [0.3, 0.4) is 0 Å². The van der Waals surface area contributed by atoms with Crippen LogP contribution in [0.4, 0.5) is 0 Å². The first kappa shape index (κ1) is 12.4. The lowest BCUT2D eigenvalue weighted by Crippen LogP contribution is -2.13. The highest BCUT2D eigenvalue weighted by molar-refractivity contribution is 5.31. The summed E-state index contributed by atoms with van der Waals surface area (Å²) in [5.74, 6) is 2.01. The Hall–Kier alpha value is -1.68. The van der Waals surface area contributed by atoms with Gasteiger partial charge in [0.15, 0.2) is 5.82 Å². The van der Waals surface area contributed by atoms with Crippen molar-refractivity contribution in [3.63, 3.8) is 0 Å². The van der Waals surface area contributed by atoms with Crippen LogP contribution in [0.1, 0.15) is 61.0 Å². The predicted octanol–water partition coefficient (Wildman–Crippen LogP) is 2.95. The van der Waals surface area contributed by atoms with Crippen molar-refractivity contribution in [3.05, 3.63) is 47.1 Å². The quantitative estimate of drug-likeness (QED) is 0.894. The Bertz CT molecular complexity index is 543. The summed E-state index contributed by atoms with van der Waals surface area (Å²) in [4.78, 5) is 4.34. The first-order valence-electron chi connectivity index (χ1n) is 6.96. The maximum Gasteiger partial charge on any atom is 0.226 e. The molecule has 0 spiro atoms. The molecule has 0 amide bonds. The van der Waals surface area contributed by atoms with Crippen LogP contribution in [0.5, 0.6) is 0 Å². The minimum Gasteiger partial charge on any atom is -0.339 e. The van der Waals surface area contributed by atoms with E-state index >= 15 is 0 Å². The van der Waals surface area contributed by atoms with Crippen LogP contribution >= 0.6 is 0 Å². The summed E-state index contributed by atoms with van der Waals surface area (Å²) < 4.78 is 5.18. The van der Waals surface area contributed by atoms with Gasteiger partial charge >= 0.3 is 0 Å². The van der Waals surface area contributed by atoms with Gasteiger partial charge in [0.1, 0.15) is 0 Å². The molecule has 100 valence electrons. The molecule has 1 atom stereocenters. The molecule has 1 aromatic carbocycles. The lowest BCUT2D eigenvalue weighted by Gasteiger charge is -2.08. The standard InChI is InChI=1S/C15H19N3O/c1-2-3-13-17-15(18-19-13)14(16)12-8-6-11(7-9-12)10-4-5-10/h6-10,14H,2-5,16H2,1H3. The van der Waals surface area contributed by atoms with Gasteiger partial charge in [0.25, 0.3) is 0 Å². The molecule has 0 bridgehead atoms. The number of hydrogen-bond acceptors (Lipinski definition) is 4. The zero-order valence-corrected chi connectivity index (χ0v) is 11.2. The van der Waals surface area contributed by atoms with Crippen molar-refractivity contribution in [1.29, 1.82) is 0 Å². The summed E-state index contributed by atoms with van der Waals surface area (Å²) in [5.41, 5.74) is 8.63. The van der Waals surface area contributed by atoms with Gasteiger partial charge in [-0.3, -0.25) is 0 Å². The number of nitrogens with zero attached hydrogens (tertiary/aromatic N) is 2. The first-order chi connectivity index (χ1) is 9.28. The molecular formula is C15H19N3O. The van der Waals surface area contributed by atoms with Gasteiger partial charge in [-0.25, -0.2) is 0 Å². The predicted molar refractivity (Wildman–Crippen MR) is 72.7 cm³/mol. The minimum absolute atomic E-state index is 0.303. The van der Waals surface area contributed by atoms with E-state index in [1.165, 1.54) is 18.4 Å². The molecule has 1 aliphatic rings. The summed E-state index contributed by atoms with van der Waals surface area (Å²) in [6.45, 7) is 2.08. The van der Waals surface area contributed by atoms with Crippen LogP contribution in [0.15, 0.2) is 28.8 Å². The topological polar surface area (TPSA) is 64.9 Å². The Labute approximate surface area is 113 Å². The van der Waals surface area contributed by atoms with E-state index in [1.54, 1.807) is 0 Å². The highest BCUT2D eigenvalue weighted by atomic mass is 16.5. The number of nitrogens with two attached hydrogens (primary N) is 1. The van der Waals surface area contributed by atoms with Crippen molar-refractivity contribution >= 4 is 0 Å². The molecule has 1 saturated carbocycles. The maximum atomic E-state index is 6.18. The molecule has 1 aromatic heterocycles. The van der Waals surface area contributed by atoms with Gasteiger partial charge in [0.2, 0.25) is 5.89 Å². The molecule has 19 heavy (non-hydrogen) atoms. The van der Waals surface area contributed by atoms with E-state index in [0.717, 1.165) is 24.3 Å². The second kappa shape index (κ2) is 5.13.